The van der Waals surface area contributed by atoms with E-state index in [1.54, 1.807) is 56.3 Å². The second-order valence-corrected chi connectivity index (χ2v) is 14.1. The van der Waals surface area contributed by atoms with Crippen LogP contribution in [0.3, 0.4) is 0 Å². The topological polar surface area (TPSA) is 130 Å². The summed E-state index contributed by atoms with van der Waals surface area (Å²) in [5, 5.41) is 35.1. The van der Waals surface area contributed by atoms with Gasteiger partial charge in [0.1, 0.15) is 11.7 Å². The highest BCUT2D eigenvalue weighted by Crippen LogP contribution is 2.77. The zero-order chi connectivity index (χ0) is 32.8. The van der Waals surface area contributed by atoms with Crippen molar-refractivity contribution in [2.45, 2.75) is 102 Å². The number of aliphatic hydroxyl groups excluding tert-OH is 1. The Morgan fingerprint density at radius 2 is 1.76 bits per heavy atom. The second-order valence-electron chi connectivity index (χ2n) is 14.1. The largest absolute Gasteiger partial charge is 0.454 e. The molecule has 0 spiro atoms. The number of Topliss-reactive ketones (excluding diaryl/α,β-unsaturated/α-hetero) is 1. The van der Waals surface area contributed by atoms with E-state index in [0.29, 0.717) is 16.7 Å². The smallest absolute Gasteiger partial charge is 0.338 e. The van der Waals surface area contributed by atoms with Gasteiger partial charge in [-0.1, -0.05) is 89.5 Å². The van der Waals surface area contributed by atoms with Crippen LogP contribution in [0, 0.1) is 29.1 Å². The first-order valence-electron chi connectivity index (χ1n) is 16.4. The predicted molar refractivity (Wildman–Crippen MR) is 169 cm³/mol. The number of allylic oxidation sites excluding steroid dienone is 1. The first-order valence-corrected chi connectivity index (χ1v) is 16.4. The SMILES string of the molecule is CCCCCC/C=C/CC(=O)O[C@@]12[C@H](OC(=O)c3ccccc3)[C@@H](C)[C@@]3(O)[C@@H](C=C(CO)C[C@]4(O)C(=O)C(C)=C[C@@H]34)[C@@H]1C2(C)C. The van der Waals surface area contributed by atoms with Crippen LogP contribution in [-0.4, -0.2) is 62.6 Å². The molecule has 2 fully saturated rings. The van der Waals surface area contributed by atoms with Crippen molar-refractivity contribution < 1.29 is 39.2 Å². The third kappa shape index (κ3) is 5.23. The van der Waals surface area contributed by atoms with Crippen molar-refractivity contribution >= 4 is 17.7 Å². The number of hydrogen-bond donors (Lipinski definition) is 3. The van der Waals surface area contributed by atoms with E-state index < -0.39 is 76.3 Å². The fraction of sp³-hybridized carbons (Fsp3) is 0.595. The average Bonchev–Trinajstić information content (AvgIpc) is 3.44. The van der Waals surface area contributed by atoms with Gasteiger partial charge in [-0.2, -0.15) is 0 Å². The minimum Gasteiger partial charge on any atom is -0.454 e. The highest BCUT2D eigenvalue weighted by Gasteiger charge is 2.88. The van der Waals surface area contributed by atoms with E-state index in [1.807, 2.05) is 26.0 Å². The molecule has 3 N–H and O–H groups in total. The highest BCUT2D eigenvalue weighted by atomic mass is 16.6. The number of esters is 2. The summed E-state index contributed by atoms with van der Waals surface area (Å²) in [6, 6.07) is 8.51. The Hall–Kier alpha value is -3.07. The van der Waals surface area contributed by atoms with Gasteiger partial charge in [0.15, 0.2) is 11.4 Å². The second kappa shape index (κ2) is 12.3. The lowest BCUT2D eigenvalue weighted by Gasteiger charge is -2.53. The van der Waals surface area contributed by atoms with Gasteiger partial charge >= 0.3 is 11.9 Å². The first kappa shape index (κ1) is 33.3. The third-order valence-corrected chi connectivity index (χ3v) is 11.2. The predicted octanol–water partition coefficient (Wildman–Crippen LogP) is 5.26. The van der Waals surface area contributed by atoms with Crippen molar-refractivity contribution in [2.24, 2.45) is 29.1 Å². The fourth-order valence-electron chi connectivity index (χ4n) is 8.80. The van der Waals surface area contributed by atoms with Gasteiger partial charge in [-0.3, -0.25) is 9.59 Å². The Labute approximate surface area is 266 Å². The van der Waals surface area contributed by atoms with Crippen molar-refractivity contribution in [3.8, 4) is 0 Å². The Morgan fingerprint density at radius 1 is 1.04 bits per heavy atom. The van der Waals surface area contributed by atoms with E-state index in [4.69, 9.17) is 9.47 Å². The lowest BCUT2D eigenvalue weighted by molar-refractivity contribution is -0.219. The molecular formula is C37H48O8. The van der Waals surface area contributed by atoms with Crippen molar-refractivity contribution in [1.82, 2.24) is 0 Å². The summed E-state index contributed by atoms with van der Waals surface area (Å²) < 4.78 is 12.7. The average molecular weight is 621 g/mol. The molecule has 5 rings (SSSR count). The maximum atomic E-state index is 13.6. The molecule has 8 atom stereocenters. The first-order chi connectivity index (χ1) is 21.3. The number of ether oxygens (including phenoxy) is 2. The molecule has 2 saturated carbocycles. The molecule has 4 aliphatic carbocycles. The van der Waals surface area contributed by atoms with Gasteiger partial charge in [-0.25, -0.2) is 4.79 Å². The van der Waals surface area contributed by atoms with Gasteiger partial charge in [0.2, 0.25) is 0 Å². The molecule has 0 bridgehead atoms. The molecule has 1 aromatic rings. The van der Waals surface area contributed by atoms with Crippen molar-refractivity contribution in [3.05, 3.63) is 71.3 Å². The monoisotopic (exact) mass is 620 g/mol. The van der Waals surface area contributed by atoms with E-state index in [0.717, 1.165) is 25.7 Å². The summed E-state index contributed by atoms with van der Waals surface area (Å²) in [6.45, 7) is 8.96. The molecule has 0 saturated heterocycles. The van der Waals surface area contributed by atoms with E-state index in [-0.39, 0.29) is 12.8 Å². The molecule has 244 valence electrons. The number of fused-ring (bicyclic) bond motifs is 5. The number of ketones is 1. The molecule has 4 aliphatic rings. The third-order valence-electron chi connectivity index (χ3n) is 11.2. The van der Waals surface area contributed by atoms with Crippen LogP contribution in [0.1, 0.15) is 89.9 Å². The number of unbranched alkanes of at least 4 members (excludes halogenated alkanes) is 4. The van der Waals surface area contributed by atoms with Crippen molar-refractivity contribution in [2.75, 3.05) is 6.61 Å². The lowest BCUT2D eigenvalue weighted by Crippen LogP contribution is -2.66. The zero-order valence-electron chi connectivity index (χ0n) is 27.1. The van der Waals surface area contributed by atoms with Crippen LogP contribution in [0.5, 0.6) is 0 Å². The van der Waals surface area contributed by atoms with Gasteiger partial charge in [0.05, 0.1) is 24.2 Å². The van der Waals surface area contributed by atoms with Crippen LogP contribution in [-0.2, 0) is 19.1 Å². The van der Waals surface area contributed by atoms with E-state index in [1.165, 1.54) is 6.42 Å². The molecule has 45 heavy (non-hydrogen) atoms. The van der Waals surface area contributed by atoms with E-state index >= 15 is 0 Å². The number of carbonyl (C=O) groups is 3. The molecule has 0 aromatic heterocycles. The number of benzene rings is 1. The maximum Gasteiger partial charge on any atom is 0.338 e. The molecule has 8 heteroatoms. The zero-order valence-corrected chi connectivity index (χ0v) is 27.1. The molecule has 0 aliphatic heterocycles. The fourth-order valence-corrected chi connectivity index (χ4v) is 8.80. The maximum absolute atomic E-state index is 13.6. The van der Waals surface area contributed by atoms with Crippen LogP contribution in [0.25, 0.3) is 0 Å². The summed E-state index contributed by atoms with van der Waals surface area (Å²) in [5.74, 6) is -4.74. The van der Waals surface area contributed by atoms with Gasteiger partial charge in [0, 0.05) is 35.5 Å². The van der Waals surface area contributed by atoms with Crippen LogP contribution >= 0.6 is 0 Å². The Bertz CT molecular complexity index is 1410. The van der Waals surface area contributed by atoms with E-state index in [2.05, 4.69) is 6.92 Å². The lowest BCUT2D eigenvalue weighted by atomic mass is 9.59. The van der Waals surface area contributed by atoms with Crippen LogP contribution < -0.4 is 0 Å². The van der Waals surface area contributed by atoms with Gasteiger partial charge in [-0.15, -0.1) is 0 Å². The van der Waals surface area contributed by atoms with Gasteiger partial charge < -0.3 is 24.8 Å². The molecule has 0 unspecified atom stereocenters. The molecule has 0 amide bonds. The van der Waals surface area contributed by atoms with Crippen molar-refractivity contribution in [3.63, 3.8) is 0 Å². The minimum atomic E-state index is -1.97. The van der Waals surface area contributed by atoms with Crippen LogP contribution in [0.4, 0.5) is 0 Å². The summed E-state index contributed by atoms with van der Waals surface area (Å²) in [5.41, 5.74) is -4.72. The normalized spacial score (nSPS) is 36.3. The number of aliphatic hydroxyl groups is 3. The Kier molecular flexibility index (Phi) is 9.08. The van der Waals surface area contributed by atoms with E-state index in [9.17, 15) is 29.7 Å². The van der Waals surface area contributed by atoms with Gasteiger partial charge in [0.25, 0.3) is 0 Å². The summed E-state index contributed by atoms with van der Waals surface area (Å²) in [4.78, 5) is 40.5. The Morgan fingerprint density at radius 3 is 2.42 bits per heavy atom. The summed E-state index contributed by atoms with van der Waals surface area (Å²) in [6.07, 6.45) is 11.4. The molecular weight excluding hydrogens is 572 g/mol. The van der Waals surface area contributed by atoms with Crippen LogP contribution in [0.15, 0.2) is 65.8 Å². The summed E-state index contributed by atoms with van der Waals surface area (Å²) >= 11 is 0. The quantitative estimate of drug-likeness (QED) is 0.174. The molecule has 8 nitrogen and oxygen atoms in total. The number of rotatable bonds is 11. The number of carbonyl (C=O) groups excluding carboxylic acids is 3. The van der Waals surface area contributed by atoms with Crippen molar-refractivity contribution in [1.29, 1.82) is 0 Å². The number of hydrogen-bond acceptors (Lipinski definition) is 8. The molecule has 0 radical (unpaired) electrons. The molecule has 0 heterocycles. The minimum absolute atomic E-state index is 0.0531. The highest BCUT2D eigenvalue weighted by molar-refractivity contribution is 6.04. The molecule has 1 aromatic carbocycles. The summed E-state index contributed by atoms with van der Waals surface area (Å²) in [7, 11) is 0. The van der Waals surface area contributed by atoms with Gasteiger partial charge in [-0.05, 0) is 43.0 Å². The van der Waals surface area contributed by atoms with Crippen LogP contribution in [0.2, 0.25) is 0 Å². The Balaban J connectivity index is 1.55. The standard InChI is InChI=1S/C37H48O8/c1-6-7-8-9-10-11-15-18-29(39)45-37-30(34(37,4)5)27-20-25(22-38)21-35(42)28(19-23(2)31(35)40)36(27,43)24(3)32(37)44-33(41)26-16-13-12-14-17-26/h11-17,19-20,24,27-28,30,32,38,42-43H,6-10,18,21-22H2,1-5H3/b15-11+/t24-,27+,28-,30-,32-,35-,36-,37-/m1/s1.